The van der Waals surface area contributed by atoms with Gasteiger partial charge in [0.1, 0.15) is 12.4 Å². The van der Waals surface area contributed by atoms with Crippen LogP contribution in [0.5, 0.6) is 0 Å². The molecule has 0 bridgehead atoms. The van der Waals surface area contributed by atoms with Crippen molar-refractivity contribution in [2.24, 2.45) is 0 Å². The lowest BCUT2D eigenvalue weighted by Gasteiger charge is -2.23. The molecule has 7 nitrogen and oxygen atoms in total. The van der Waals surface area contributed by atoms with E-state index in [0.29, 0.717) is 30.4 Å². The van der Waals surface area contributed by atoms with E-state index in [2.05, 4.69) is 29.5 Å². The molecule has 0 aliphatic carbocycles. The molecule has 2 aromatic carbocycles. The number of rotatable bonds is 11. The van der Waals surface area contributed by atoms with E-state index >= 15 is 0 Å². The van der Waals surface area contributed by atoms with Gasteiger partial charge in [-0.3, -0.25) is 14.4 Å². The number of benzene rings is 2. The molecule has 1 aromatic heterocycles. The first-order valence-corrected chi connectivity index (χ1v) is 11.8. The summed E-state index contributed by atoms with van der Waals surface area (Å²) in [5.74, 6) is -0.0649. The number of anilines is 2. The molecule has 0 fully saturated rings. The number of pyridine rings is 1. The van der Waals surface area contributed by atoms with Crippen molar-refractivity contribution in [1.29, 1.82) is 0 Å². The topological polar surface area (TPSA) is 91.4 Å². The Balaban J connectivity index is 1.61. The Morgan fingerprint density at radius 3 is 2.23 bits per heavy atom. The van der Waals surface area contributed by atoms with Crippen molar-refractivity contribution in [3.63, 3.8) is 0 Å². The molecule has 2 N–H and O–H groups in total. The quantitative estimate of drug-likeness (QED) is 0.435. The van der Waals surface area contributed by atoms with Crippen molar-refractivity contribution in [2.75, 3.05) is 23.3 Å². The standard InChI is InChI=1S/C28H32N4O3/c1-21(2)23-11-13-24(14-12-23)32(20-27(34)30-19-17-22-8-4-3-5-9-22)28(35)16-15-26(33)31-25-10-6-7-18-29-25/h3-14,18,21H,15-17,19-20H2,1-2H3,(H,30,34)(H,29,31,33). The van der Waals surface area contributed by atoms with E-state index in [9.17, 15) is 14.4 Å². The summed E-state index contributed by atoms with van der Waals surface area (Å²) in [6, 6.07) is 22.7. The SMILES string of the molecule is CC(C)c1ccc(N(CC(=O)NCCc2ccccc2)C(=O)CCC(=O)Nc2ccccn2)cc1. The molecular weight excluding hydrogens is 440 g/mol. The van der Waals surface area contributed by atoms with E-state index in [1.54, 1.807) is 24.4 Å². The van der Waals surface area contributed by atoms with Crippen LogP contribution in [0.25, 0.3) is 0 Å². The van der Waals surface area contributed by atoms with Gasteiger partial charge in [0, 0.05) is 31.3 Å². The van der Waals surface area contributed by atoms with Crippen LogP contribution in [0.4, 0.5) is 11.5 Å². The maximum Gasteiger partial charge on any atom is 0.240 e. The van der Waals surface area contributed by atoms with Crippen LogP contribution in [0.15, 0.2) is 79.0 Å². The van der Waals surface area contributed by atoms with Gasteiger partial charge in [0.15, 0.2) is 0 Å². The van der Waals surface area contributed by atoms with Crippen LogP contribution in [0.2, 0.25) is 0 Å². The summed E-state index contributed by atoms with van der Waals surface area (Å²) in [4.78, 5) is 43.6. The smallest absolute Gasteiger partial charge is 0.240 e. The van der Waals surface area contributed by atoms with Crippen LogP contribution >= 0.6 is 0 Å². The minimum Gasteiger partial charge on any atom is -0.354 e. The molecule has 0 spiro atoms. The zero-order chi connectivity index (χ0) is 25.0. The molecule has 35 heavy (non-hydrogen) atoms. The highest BCUT2D eigenvalue weighted by Gasteiger charge is 2.20. The number of hydrogen-bond acceptors (Lipinski definition) is 4. The predicted octanol–water partition coefficient (Wildman–Crippen LogP) is 4.32. The molecule has 3 amide bonds. The monoisotopic (exact) mass is 472 g/mol. The third-order valence-corrected chi connectivity index (χ3v) is 5.55. The summed E-state index contributed by atoms with van der Waals surface area (Å²) in [7, 11) is 0. The predicted molar refractivity (Wildman–Crippen MR) is 138 cm³/mol. The number of amides is 3. The van der Waals surface area contributed by atoms with Crippen LogP contribution < -0.4 is 15.5 Å². The van der Waals surface area contributed by atoms with E-state index in [4.69, 9.17) is 0 Å². The van der Waals surface area contributed by atoms with Crippen molar-refractivity contribution >= 4 is 29.2 Å². The Kier molecular flexibility index (Phi) is 9.54. The van der Waals surface area contributed by atoms with Gasteiger partial charge >= 0.3 is 0 Å². The molecule has 0 aliphatic heterocycles. The second-order valence-electron chi connectivity index (χ2n) is 8.57. The van der Waals surface area contributed by atoms with E-state index in [0.717, 1.165) is 11.1 Å². The van der Waals surface area contributed by atoms with Crippen LogP contribution in [-0.2, 0) is 20.8 Å². The van der Waals surface area contributed by atoms with Gasteiger partial charge in [-0.15, -0.1) is 0 Å². The van der Waals surface area contributed by atoms with Crippen LogP contribution in [0, 0.1) is 0 Å². The minimum absolute atomic E-state index is 0.00832. The Labute approximate surface area is 206 Å². The van der Waals surface area contributed by atoms with Crippen molar-refractivity contribution < 1.29 is 14.4 Å². The lowest BCUT2D eigenvalue weighted by molar-refractivity contribution is -0.125. The first-order valence-electron chi connectivity index (χ1n) is 11.8. The van der Waals surface area contributed by atoms with Crippen LogP contribution in [0.1, 0.15) is 43.7 Å². The van der Waals surface area contributed by atoms with Crippen LogP contribution in [-0.4, -0.2) is 35.8 Å². The molecular formula is C28H32N4O3. The maximum atomic E-state index is 13.1. The molecule has 0 unspecified atom stereocenters. The van der Waals surface area contributed by atoms with E-state index in [-0.39, 0.29) is 37.1 Å². The highest BCUT2D eigenvalue weighted by Crippen LogP contribution is 2.21. The van der Waals surface area contributed by atoms with Gasteiger partial charge in [0.05, 0.1) is 0 Å². The van der Waals surface area contributed by atoms with Crippen LogP contribution in [0.3, 0.4) is 0 Å². The summed E-state index contributed by atoms with van der Waals surface area (Å²) < 4.78 is 0. The third kappa shape index (κ3) is 8.37. The number of nitrogens with zero attached hydrogens (tertiary/aromatic N) is 2. The Morgan fingerprint density at radius 2 is 1.57 bits per heavy atom. The third-order valence-electron chi connectivity index (χ3n) is 5.55. The first kappa shape index (κ1) is 25.6. The van der Waals surface area contributed by atoms with Gasteiger partial charge < -0.3 is 15.5 Å². The van der Waals surface area contributed by atoms with Gasteiger partial charge in [-0.2, -0.15) is 0 Å². The first-order chi connectivity index (χ1) is 16.9. The molecule has 0 saturated carbocycles. The maximum absolute atomic E-state index is 13.1. The second-order valence-corrected chi connectivity index (χ2v) is 8.57. The molecule has 7 heteroatoms. The fourth-order valence-electron chi connectivity index (χ4n) is 3.55. The molecule has 3 aromatic rings. The van der Waals surface area contributed by atoms with Crippen molar-refractivity contribution in [1.82, 2.24) is 10.3 Å². The number of carbonyl (C=O) groups is 3. The number of aromatic nitrogens is 1. The molecule has 1 heterocycles. The zero-order valence-electron chi connectivity index (χ0n) is 20.2. The second kappa shape index (κ2) is 13.0. The van der Waals surface area contributed by atoms with Gasteiger partial charge in [-0.1, -0.05) is 62.4 Å². The van der Waals surface area contributed by atoms with E-state index in [1.807, 2.05) is 54.6 Å². The lowest BCUT2D eigenvalue weighted by atomic mass is 10.0. The van der Waals surface area contributed by atoms with E-state index in [1.165, 1.54) is 4.90 Å². The summed E-state index contributed by atoms with van der Waals surface area (Å²) in [6.07, 6.45) is 2.25. The average Bonchev–Trinajstić information content (AvgIpc) is 2.87. The van der Waals surface area contributed by atoms with Gasteiger partial charge in [-0.05, 0) is 47.7 Å². The Morgan fingerprint density at radius 1 is 0.857 bits per heavy atom. The molecule has 182 valence electrons. The van der Waals surface area contributed by atoms with Gasteiger partial charge in [0.25, 0.3) is 0 Å². The average molecular weight is 473 g/mol. The summed E-state index contributed by atoms with van der Waals surface area (Å²) in [5, 5.41) is 5.57. The molecule has 0 radical (unpaired) electrons. The van der Waals surface area contributed by atoms with Gasteiger partial charge in [0.2, 0.25) is 17.7 Å². The Bertz CT molecular complexity index is 1100. The normalized spacial score (nSPS) is 10.6. The van der Waals surface area contributed by atoms with Gasteiger partial charge in [-0.25, -0.2) is 4.98 Å². The summed E-state index contributed by atoms with van der Waals surface area (Å²) in [5.41, 5.74) is 2.90. The summed E-state index contributed by atoms with van der Waals surface area (Å²) >= 11 is 0. The highest BCUT2D eigenvalue weighted by atomic mass is 16.2. The Hall–Kier alpha value is -4.00. The fourth-order valence-corrected chi connectivity index (χ4v) is 3.55. The van der Waals surface area contributed by atoms with Crippen molar-refractivity contribution in [3.05, 3.63) is 90.1 Å². The lowest BCUT2D eigenvalue weighted by Crippen LogP contribution is -2.41. The molecule has 0 saturated heterocycles. The minimum atomic E-state index is -0.306. The van der Waals surface area contributed by atoms with Crippen molar-refractivity contribution in [2.45, 2.75) is 39.0 Å². The largest absolute Gasteiger partial charge is 0.354 e. The molecule has 3 rings (SSSR count). The van der Waals surface area contributed by atoms with Crippen molar-refractivity contribution in [3.8, 4) is 0 Å². The molecule has 0 atom stereocenters. The number of nitrogens with one attached hydrogen (secondary N) is 2. The summed E-state index contributed by atoms with van der Waals surface area (Å²) in [6.45, 7) is 4.55. The molecule has 0 aliphatic rings. The van der Waals surface area contributed by atoms with E-state index < -0.39 is 0 Å². The number of hydrogen-bond donors (Lipinski definition) is 2. The number of carbonyl (C=O) groups excluding carboxylic acids is 3. The fraction of sp³-hybridized carbons (Fsp3) is 0.286. The highest BCUT2D eigenvalue weighted by molar-refractivity contribution is 6.01. The zero-order valence-corrected chi connectivity index (χ0v) is 20.2.